The second-order valence-corrected chi connectivity index (χ2v) is 9.22. The van der Waals surface area contributed by atoms with E-state index in [0.29, 0.717) is 24.4 Å². The van der Waals surface area contributed by atoms with Gasteiger partial charge in [0.15, 0.2) is 0 Å². The Morgan fingerprint density at radius 2 is 1.86 bits per heavy atom. The van der Waals surface area contributed by atoms with Gasteiger partial charge in [0.2, 0.25) is 0 Å². The summed E-state index contributed by atoms with van der Waals surface area (Å²) in [5, 5.41) is 21.1. The van der Waals surface area contributed by atoms with Crippen LogP contribution >= 0.6 is 0 Å². The fourth-order valence-corrected chi connectivity index (χ4v) is 6.90. The Morgan fingerprint density at radius 1 is 1.05 bits per heavy atom. The lowest BCUT2D eigenvalue weighted by atomic mass is 9.46. The summed E-state index contributed by atoms with van der Waals surface area (Å²) in [5.41, 5.74) is 1.66. The van der Waals surface area contributed by atoms with E-state index in [4.69, 9.17) is 0 Å². The fraction of sp³-hybridized carbons (Fsp3) is 0.900. The fourth-order valence-electron chi connectivity index (χ4n) is 6.90. The second-order valence-electron chi connectivity index (χ2n) is 9.22. The van der Waals surface area contributed by atoms with Gasteiger partial charge in [0.25, 0.3) is 0 Å². The first kappa shape index (κ1) is 15.2. The Bertz CT molecular complexity index is 498. The second kappa shape index (κ2) is 4.83. The first-order valence-corrected chi connectivity index (χ1v) is 9.47. The molecular weight excluding hydrogens is 272 g/mol. The molecule has 0 aromatic heterocycles. The van der Waals surface area contributed by atoms with Gasteiger partial charge in [-0.15, -0.1) is 0 Å². The molecule has 0 amide bonds. The quantitative estimate of drug-likeness (QED) is 0.717. The molecule has 124 valence electrons. The smallest absolute Gasteiger partial charge is 0.0732 e. The monoisotopic (exact) mass is 304 g/mol. The average molecular weight is 304 g/mol. The van der Waals surface area contributed by atoms with Crippen molar-refractivity contribution in [3.63, 3.8) is 0 Å². The number of hydrogen-bond donors (Lipinski definition) is 2. The molecule has 3 fully saturated rings. The van der Waals surface area contributed by atoms with Gasteiger partial charge < -0.3 is 10.2 Å². The molecule has 0 heterocycles. The number of fused-ring (bicyclic) bond motifs is 5. The topological polar surface area (TPSA) is 40.5 Å². The van der Waals surface area contributed by atoms with E-state index in [0.717, 1.165) is 25.7 Å². The molecule has 6 atom stereocenters. The number of rotatable bonds is 1. The summed E-state index contributed by atoms with van der Waals surface area (Å²) >= 11 is 0. The highest BCUT2D eigenvalue weighted by molar-refractivity contribution is 5.26. The van der Waals surface area contributed by atoms with Crippen LogP contribution in [0.2, 0.25) is 0 Å². The van der Waals surface area contributed by atoms with Crippen molar-refractivity contribution in [2.75, 3.05) is 6.61 Å². The van der Waals surface area contributed by atoms with Crippen LogP contribution in [0, 0.1) is 28.6 Å². The Labute approximate surface area is 135 Å². The van der Waals surface area contributed by atoms with Crippen LogP contribution in [0.15, 0.2) is 11.6 Å². The van der Waals surface area contributed by atoms with Gasteiger partial charge in [-0.1, -0.05) is 25.5 Å². The van der Waals surface area contributed by atoms with Gasteiger partial charge >= 0.3 is 0 Å². The Hall–Kier alpha value is -0.340. The van der Waals surface area contributed by atoms with E-state index in [1.54, 1.807) is 5.57 Å². The average Bonchev–Trinajstić information content (AvgIpc) is 2.82. The highest BCUT2D eigenvalue weighted by Gasteiger charge is 2.63. The van der Waals surface area contributed by atoms with Crippen LogP contribution in [-0.4, -0.2) is 22.4 Å². The molecule has 0 radical (unpaired) electrons. The Morgan fingerprint density at radius 3 is 2.64 bits per heavy atom. The molecule has 0 spiro atoms. The summed E-state index contributed by atoms with van der Waals surface area (Å²) in [7, 11) is 0. The number of allylic oxidation sites excluding steroid dienone is 1. The zero-order chi connectivity index (χ0) is 15.6. The maximum absolute atomic E-state index is 11.6. The minimum atomic E-state index is -0.404. The predicted octanol–water partition coefficient (Wildman–Crippen LogP) is 4.06. The number of aliphatic hydroxyl groups is 2. The lowest BCUT2D eigenvalue weighted by molar-refractivity contribution is -0.173. The summed E-state index contributed by atoms with van der Waals surface area (Å²) in [4.78, 5) is 0. The van der Waals surface area contributed by atoms with Crippen molar-refractivity contribution in [3.05, 3.63) is 11.6 Å². The van der Waals surface area contributed by atoms with Crippen molar-refractivity contribution in [1.82, 2.24) is 0 Å². The van der Waals surface area contributed by atoms with E-state index < -0.39 is 5.60 Å². The van der Waals surface area contributed by atoms with Crippen molar-refractivity contribution in [2.24, 2.45) is 28.6 Å². The van der Waals surface area contributed by atoms with Gasteiger partial charge in [0.1, 0.15) is 0 Å². The summed E-state index contributed by atoms with van der Waals surface area (Å²) in [5.74, 6) is 1.54. The molecule has 4 aliphatic carbocycles. The van der Waals surface area contributed by atoms with E-state index in [9.17, 15) is 10.2 Å². The molecule has 2 nitrogen and oxygen atoms in total. The molecule has 0 aromatic rings. The van der Waals surface area contributed by atoms with Gasteiger partial charge in [-0.05, 0) is 80.5 Å². The maximum Gasteiger partial charge on any atom is 0.0732 e. The molecule has 4 rings (SSSR count). The van der Waals surface area contributed by atoms with Crippen molar-refractivity contribution in [2.45, 2.75) is 77.2 Å². The number of hydrogen-bond acceptors (Lipinski definition) is 2. The first-order valence-electron chi connectivity index (χ1n) is 9.47. The summed E-state index contributed by atoms with van der Waals surface area (Å²) < 4.78 is 0. The highest BCUT2D eigenvalue weighted by atomic mass is 16.3. The molecule has 0 aliphatic heterocycles. The van der Waals surface area contributed by atoms with Crippen LogP contribution in [0.3, 0.4) is 0 Å². The summed E-state index contributed by atoms with van der Waals surface area (Å²) in [6, 6.07) is 0. The van der Waals surface area contributed by atoms with Crippen LogP contribution in [0.4, 0.5) is 0 Å². The van der Waals surface area contributed by atoms with Crippen molar-refractivity contribution in [3.8, 4) is 0 Å². The standard InChI is InChI=1S/C20H32O2/c1-18-8-3-9-20(18,22)17-5-4-15-12-14(13-21)6-11-19(15,2)16(17)7-10-18/h12,14,16-17,21-22H,3-11,13H2,1-2H3. The van der Waals surface area contributed by atoms with Gasteiger partial charge in [0.05, 0.1) is 5.60 Å². The molecule has 3 saturated carbocycles. The van der Waals surface area contributed by atoms with E-state index in [2.05, 4.69) is 19.9 Å². The van der Waals surface area contributed by atoms with Crippen molar-refractivity contribution >= 4 is 0 Å². The largest absolute Gasteiger partial charge is 0.396 e. The molecule has 0 bridgehead atoms. The van der Waals surface area contributed by atoms with E-state index in [-0.39, 0.29) is 10.8 Å². The van der Waals surface area contributed by atoms with Crippen LogP contribution in [0.1, 0.15) is 71.6 Å². The Balaban J connectivity index is 1.70. The van der Waals surface area contributed by atoms with Crippen molar-refractivity contribution < 1.29 is 10.2 Å². The molecular formula is C20H32O2. The number of aliphatic hydroxyl groups excluding tert-OH is 1. The molecule has 0 saturated heterocycles. The molecule has 2 N–H and O–H groups in total. The van der Waals surface area contributed by atoms with E-state index >= 15 is 0 Å². The molecule has 2 heteroatoms. The third-order valence-electron chi connectivity index (χ3n) is 8.42. The highest BCUT2D eigenvalue weighted by Crippen LogP contribution is 2.67. The summed E-state index contributed by atoms with van der Waals surface area (Å²) in [6.07, 6.45) is 13.0. The molecule has 22 heavy (non-hydrogen) atoms. The molecule has 0 aromatic carbocycles. The van der Waals surface area contributed by atoms with Crippen molar-refractivity contribution in [1.29, 1.82) is 0 Å². The summed E-state index contributed by atoms with van der Waals surface area (Å²) in [6.45, 7) is 5.12. The van der Waals surface area contributed by atoms with Gasteiger partial charge in [-0.3, -0.25) is 0 Å². The third-order valence-corrected chi connectivity index (χ3v) is 8.42. The lowest BCUT2D eigenvalue weighted by Gasteiger charge is -2.61. The normalized spacial score (nSPS) is 54.2. The zero-order valence-corrected chi connectivity index (χ0v) is 14.3. The maximum atomic E-state index is 11.6. The predicted molar refractivity (Wildman–Crippen MR) is 88.4 cm³/mol. The van der Waals surface area contributed by atoms with Crippen LogP contribution in [-0.2, 0) is 0 Å². The van der Waals surface area contributed by atoms with Crippen LogP contribution in [0.5, 0.6) is 0 Å². The van der Waals surface area contributed by atoms with E-state index in [1.165, 1.54) is 32.1 Å². The van der Waals surface area contributed by atoms with Gasteiger partial charge in [0, 0.05) is 12.5 Å². The minimum absolute atomic E-state index is 0.175. The first-order chi connectivity index (χ1) is 10.4. The lowest BCUT2D eigenvalue weighted by Crippen LogP contribution is -2.59. The SMILES string of the molecule is CC12CCC(CO)C=C1CCC1C2CCC2(C)CCCC12O. The van der Waals surface area contributed by atoms with Crippen LogP contribution in [0.25, 0.3) is 0 Å². The third kappa shape index (κ3) is 1.80. The van der Waals surface area contributed by atoms with Crippen LogP contribution < -0.4 is 0 Å². The van der Waals surface area contributed by atoms with Gasteiger partial charge in [-0.2, -0.15) is 0 Å². The van der Waals surface area contributed by atoms with E-state index in [1.807, 2.05) is 0 Å². The van der Waals surface area contributed by atoms with Gasteiger partial charge in [-0.25, -0.2) is 0 Å². The zero-order valence-electron chi connectivity index (χ0n) is 14.3. The molecule has 6 unspecified atom stereocenters. The minimum Gasteiger partial charge on any atom is -0.396 e. The molecule has 4 aliphatic rings. The Kier molecular flexibility index (Phi) is 3.34.